The lowest BCUT2D eigenvalue weighted by Crippen LogP contribution is -2.10. The summed E-state index contributed by atoms with van der Waals surface area (Å²) in [6, 6.07) is 13.6. The molecule has 0 spiro atoms. The lowest BCUT2D eigenvalue weighted by atomic mass is 10.0. The van der Waals surface area contributed by atoms with Crippen molar-refractivity contribution in [2.75, 3.05) is 20.7 Å². The van der Waals surface area contributed by atoms with Gasteiger partial charge in [-0.25, -0.2) is 14.2 Å². The van der Waals surface area contributed by atoms with Gasteiger partial charge in [-0.2, -0.15) is 9.78 Å². The molecule has 0 N–H and O–H groups in total. The minimum Gasteiger partial charge on any atom is -0.462 e. The van der Waals surface area contributed by atoms with Gasteiger partial charge in [-0.05, 0) is 31.2 Å². The van der Waals surface area contributed by atoms with Gasteiger partial charge >= 0.3 is 5.97 Å². The van der Waals surface area contributed by atoms with E-state index in [2.05, 4.69) is 20.3 Å². The van der Waals surface area contributed by atoms with Crippen molar-refractivity contribution in [3.05, 3.63) is 66.1 Å². The van der Waals surface area contributed by atoms with Crippen molar-refractivity contribution in [3.8, 4) is 17.1 Å². The number of nitrogens with zero attached hydrogens (tertiary/aromatic N) is 6. The highest BCUT2D eigenvalue weighted by Gasteiger charge is 2.22. The average Bonchev–Trinajstić information content (AvgIpc) is 3.21. The molecule has 0 fully saturated rings. The molecule has 4 aromatic rings. The van der Waals surface area contributed by atoms with Crippen LogP contribution in [0.5, 0.6) is 0 Å². The van der Waals surface area contributed by atoms with Gasteiger partial charge in [0.15, 0.2) is 11.6 Å². The Morgan fingerprint density at radius 2 is 1.84 bits per heavy atom. The molecule has 0 bridgehead atoms. The van der Waals surface area contributed by atoms with Crippen molar-refractivity contribution in [2.24, 2.45) is 4.99 Å². The summed E-state index contributed by atoms with van der Waals surface area (Å²) in [5.74, 6) is -0.155. The van der Waals surface area contributed by atoms with Crippen LogP contribution in [-0.4, -0.2) is 57.9 Å². The number of hydrogen-bond acceptors (Lipinski definition) is 6. The van der Waals surface area contributed by atoms with E-state index in [-0.39, 0.29) is 23.8 Å². The van der Waals surface area contributed by atoms with Gasteiger partial charge in [-0.3, -0.25) is 0 Å². The SMILES string of the molecule is CCOC(=O)c1cnn(-c2nnc(-c3ccc(F)cc3)c3ccccc23)c1N=CN(C)C. The van der Waals surface area contributed by atoms with E-state index in [0.717, 1.165) is 16.3 Å². The molecular formula is C23H21FN6O2. The zero-order valence-corrected chi connectivity index (χ0v) is 17.9. The van der Waals surface area contributed by atoms with E-state index in [4.69, 9.17) is 4.74 Å². The summed E-state index contributed by atoms with van der Waals surface area (Å²) in [6.07, 6.45) is 2.98. The van der Waals surface area contributed by atoms with Crippen molar-refractivity contribution in [3.63, 3.8) is 0 Å². The molecule has 2 heterocycles. The molecule has 32 heavy (non-hydrogen) atoms. The molecule has 2 aromatic carbocycles. The predicted molar refractivity (Wildman–Crippen MR) is 120 cm³/mol. The number of aliphatic imine (C=N–C) groups is 1. The smallest absolute Gasteiger partial charge is 0.343 e. The summed E-state index contributed by atoms with van der Waals surface area (Å²) in [5.41, 5.74) is 1.57. The van der Waals surface area contributed by atoms with Gasteiger partial charge in [0.1, 0.15) is 17.1 Å². The van der Waals surface area contributed by atoms with Gasteiger partial charge in [0.2, 0.25) is 0 Å². The van der Waals surface area contributed by atoms with Crippen molar-refractivity contribution < 1.29 is 13.9 Å². The Hall–Kier alpha value is -4.14. The van der Waals surface area contributed by atoms with E-state index in [1.54, 1.807) is 30.3 Å². The molecule has 0 radical (unpaired) electrons. The summed E-state index contributed by atoms with van der Waals surface area (Å²) >= 11 is 0. The highest BCUT2D eigenvalue weighted by atomic mass is 19.1. The minimum absolute atomic E-state index is 0.221. The van der Waals surface area contributed by atoms with E-state index < -0.39 is 5.97 Å². The third-order valence-corrected chi connectivity index (χ3v) is 4.64. The number of carbonyl (C=O) groups excluding carboxylic acids is 1. The lowest BCUT2D eigenvalue weighted by Gasteiger charge is -2.11. The number of fused-ring (bicyclic) bond motifs is 1. The molecule has 9 heteroatoms. The number of hydrogen-bond donors (Lipinski definition) is 0. The third kappa shape index (κ3) is 4.04. The molecule has 4 rings (SSSR count). The second-order valence-corrected chi connectivity index (χ2v) is 7.15. The quantitative estimate of drug-likeness (QED) is 0.260. The highest BCUT2D eigenvalue weighted by molar-refractivity contribution is 5.99. The maximum atomic E-state index is 13.4. The molecule has 0 atom stereocenters. The number of benzene rings is 2. The van der Waals surface area contributed by atoms with Gasteiger partial charge in [0, 0.05) is 30.4 Å². The Labute approximate surface area is 184 Å². The van der Waals surface area contributed by atoms with Gasteiger partial charge in [0.05, 0.1) is 19.1 Å². The molecule has 0 saturated carbocycles. The Morgan fingerprint density at radius 3 is 2.53 bits per heavy atom. The van der Waals surface area contributed by atoms with Crippen molar-refractivity contribution in [2.45, 2.75) is 6.92 Å². The largest absolute Gasteiger partial charge is 0.462 e. The van der Waals surface area contributed by atoms with Crippen LogP contribution in [-0.2, 0) is 4.74 Å². The molecule has 0 saturated heterocycles. The Kier molecular flexibility index (Phi) is 5.89. The first kappa shape index (κ1) is 21.1. The van der Waals surface area contributed by atoms with Crippen molar-refractivity contribution in [1.82, 2.24) is 24.9 Å². The van der Waals surface area contributed by atoms with Crippen LogP contribution in [0.4, 0.5) is 10.2 Å². The molecule has 0 amide bonds. The molecule has 0 unspecified atom stereocenters. The number of halogens is 1. The van der Waals surface area contributed by atoms with Crippen LogP contribution < -0.4 is 0 Å². The fraction of sp³-hybridized carbons (Fsp3) is 0.174. The average molecular weight is 432 g/mol. The van der Waals surface area contributed by atoms with Crippen molar-refractivity contribution >= 4 is 28.9 Å². The van der Waals surface area contributed by atoms with Crippen LogP contribution in [0.2, 0.25) is 0 Å². The fourth-order valence-electron chi connectivity index (χ4n) is 3.21. The fourth-order valence-corrected chi connectivity index (χ4v) is 3.21. The first-order chi connectivity index (χ1) is 15.5. The third-order valence-electron chi connectivity index (χ3n) is 4.64. The van der Waals surface area contributed by atoms with E-state index >= 15 is 0 Å². The Balaban J connectivity index is 1.92. The normalized spacial score (nSPS) is 11.2. The first-order valence-corrected chi connectivity index (χ1v) is 9.97. The van der Waals surface area contributed by atoms with Crippen LogP contribution in [0.15, 0.2) is 59.7 Å². The Morgan fingerprint density at radius 1 is 1.12 bits per heavy atom. The van der Waals surface area contributed by atoms with E-state index in [1.165, 1.54) is 23.0 Å². The predicted octanol–water partition coefficient (Wildman–Crippen LogP) is 4.02. The maximum absolute atomic E-state index is 13.4. The topological polar surface area (TPSA) is 85.5 Å². The van der Waals surface area contributed by atoms with Gasteiger partial charge in [-0.15, -0.1) is 10.2 Å². The van der Waals surface area contributed by atoms with Crippen LogP contribution in [0.3, 0.4) is 0 Å². The van der Waals surface area contributed by atoms with Crippen LogP contribution >= 0.6 is 0 Å². The minimum atomic E-state index is -0.523. The zero-order valence-electron chi connectivity index (χ0n) is 17.9. The summed E-state index contributed by atoms with van der Waals surface area (Å²) in [7, 11) is 3.64. The second kappa shape index (κ2) is 8.93. The molecule has 0 aliphatic heterocycles. The van der Waals surface area contributed by atoms with Gasteiger partial charge in [0.25, 0.3) is 0 Å². The van der Waals surface area contributed by atoms with Crippen LogP contribution in [0.1, 0.15) is 17.3 Å². The first-order valence-electron chi connectivity index (χ1n) is 9.97. The molecule has 162 valence electrons. The molecule has 0 aliphatic rings. The van der Waals surface area contributed by atoms with Crippen molar-refractivity contribution in [1.29, 1.82) is 0 Å². The molecular weight excluding hydrogens is 411 g/mol. The number of esters is 1. The van der Waals surface area contributed by atoms with E-state index in [1.807, 2.05) is 38.4 Å². The number of carbonyl (C=O) groups is 1. The second-order valence-electron chi connectivity index (χ2n) is 7.15. The molecule has 2 aromatic heterocycles. The van der Waals surface area contributed by atoms with E-state index in [9.17, 15) is 9.18 Å². The molecule has 8 nitrogen and oxygen atoms in total. The Bertz CT molecular complexity index is 1300. The molecule has 0 aliphatic carbocycles. The number of ether oxygens (including phenoxy) is 1. The lowest BCUT2D eigenvalue weighted by molar-refractivity contribution is 0.0527. The monoisotopic (exact) mass is 432 g/mol. The summed E-state index contributed by atoms with van der Waals surface area (Å²) in [6.45, 7) is 1.97. The zero-order chi connectivity index (χ0) is 22.7. The van der Waals surface area contributed by atoms with Gasteiger partial charge < -0.3 is 9.64 Å². The summed E-state index contributed by atoms with van der Waals surface area (Å²) < 4.78 is 20.0. The van der Waals surface area contributed by atoms with Crippen LogP contribution in [0, 0.1) is 5.82 Å². The highest BCUT2D eigenvalue weighted by Crippen LogP contribution is 2.31. The summed E-state index contributed by atoms with van der Waals surface area (Å²) in [5, 5.41) is 14.7. The number of rotatable bonds is 6. The van der Waals surface area contributed by atoms with Gasteiger partial charge in [-0.1, -0.05) is 24.3 Å². The standard InChI is InChI=1S/C23H21FN6O2/c1-4-32-23(31)19-13-26-30(21(19)25-14-29(2)3)22-18-8-6-5-7-17(18)20(27-28-22)15-9-11-16(24)12-10-15/h5-14H,4H2,1-3H3. The maximum Gasteiger partial charge on any atom is 0.343 e. The van der Waals surface area contributed by atoms with Crippen LogP contribution in [0.25, 0.3) is 27.8 Å². The number of aromatic nitrogens is 4. The summed E-state index contributed by atoms with van der Waals surface area (Å²) in [4.78, 5) is 18.6. The van der Waals surface area contributed by atoms with E-state index in [0.29, 0.717) is 11.5 Å².